The maximum atomic E-state index is 12.5. The van der Waals surface area contributed by atoms with Gasteiger partial charge >= 0.3 is 0 Å². The van der Waals surface area contributed by atoms with E-state index in [9.17, 15) is 4.79 Å². The van der Waals surface area contributed by atoms with Gasteiger partial charge in [0.15, 0.2) is 0 Å². The summed E-state index contributed by atoms with van der Waals surface area (Å²) in [4.78, 5) is 23.1. The Kier molecular flexibility index (Phi) is 6.11. The number of nitrogens with one attached hydrogen (secondary N) is 3. The molecule has 1 fully saturated rings. The topological polar surface area (TPSA) is 73.0 Å². The summed E-state index contributed by atoms with van der Waals surface area (Å²) < 4.78 is 0. The standard InChI is InChI=1S/C18H23N5OS.ClH/c1-12-9-21-17-16(12)14(4-6-20-17)23-7-8-25-15(11-23)18(24)22-10-13-3-2-5-19-13;/h4,6,9,11,13,19H,2-3,5,7-8,10H2,1H3,(H,20,21)(H,22,24);1H/t13-;/m1./s1. The van der Waals surface area contributed by atoms with E-state index in [0.29, 0.717) is 12.6 Å². The largest absolute Gasteiger partial charge is 0.350 e. The zero-order chi connectivity index (χ0) is 17.2. The van der Waals surface area contributed by atoms with Gasteiger partial charge in [0.05, 0.1) is 10.6 Å². The minimum absolute atomic E-state index is 0. The molecule has 140 valence electrons. The van der Waals surface area contributed by atoms with Gasteiger partial charge in [0.2, 0.25) is 0 Å². The van der Waals surface area contributed by atoms with Crippen LogP contribution in [0.2, 0.25) is 0 Å². The van der Waals surface area contributed by atoms with E-state index in [-0.39, 0.29) is 18.3 Å². The smallest absolute Gasteiger partial charge is 0.259 e. The van der Waals surface area contributed by atoms with Gasteiger partial charge in [-0.05, 0) is 37.9 Å². The van der Waals surface area contributed by atoms with Crippen LogP contribution in [0, 0.1) is 6.92 Å². The number of nitrogens with zero attached hydrogens (tertiary/aromatic N) is 2. The Labute approximate surface area is 163 Å². The minimum atomic E-state index is 0. The SMILES string of the molecule is Cc1c[nH]c2nccc(N3C=C(C(=O)NC[C@H]4CCCN4)SCC3)c12.Cl. The summed E-state index contributed by atoms with van der Waals surface area (Å²) in [5, 5.41) is 7.61. The van der Waals surface area contributed by atoms with Crippen molar-refractivity contribution in [3.63, 3.8) is 0 Å². The summed E-state index contributed by atoms with van der Waals surface area (Å²) in [7, 11) is 0. The van der Waals surface area contributed by atoms with E-state index in [1.54, 1.807) is 11.8 Å². The lowest BCUT2D eigenvalue weighted by Gasteiger charge is -2.27. The fourth-order valence-corrected chi connectivity index (χ4v) is 4.40. The maximum absolute atomic E-state index is 12.5. The van der Waals surface area contributed by atoms with E-state index in [1.165, 1.54) is 12.0 Å². The van der Waals surface area contributed by atoms with Crippen molar-refractivity contribution in [3.8, 4) is 0 Å². The molecule has 6 nitrogen and oxygen atoms in total. The van der Waals surface area contributed by atoms with Crippen molar-refractivity contribution < 1.29 is 4.79 Å². The molecule has 2 aromatic rings. The number of amides is 1. The monoisotopic (exact) mass is 393 g/mol. The zero-order valence-corrected chi connectivity index (χ0v) is 16.4. The molecule has 3 N–H and O–H groups in total. The molecule has 0 spiro atoms. The van der Waals surface area contributed by atoms with E-state index in [0.717, 1.165) is 46.9 Å². The first-order valence-corrected chi connectivity index (χ1v) is 9.76. The third-order valence-corrected chi connectivity index (χ3v) is 5.80. The Morgan fingerprint density at radius 2 is 2.38 bits per heavy atom. The van der Waals surface area contributed by atoms with Crippen molar-refractivity contribution in [1.82, 2.24) is 20.6 Å². The van der Waals surface area contributed by atoms with E-state index in [4.69, 9.17) is 0 Å². The lowest BCUT2D eigenvalue weighted by atomic mass is 10.2. The van der Waals surface area contributed by atoms with Crippen LogP contribution < -0.4 is 15.5 Å². The summed E-state index contributed by atoms with van der Waals surface area (Å²) >= 11 is 1.63. The molecule has 4 rings (SSSR count). The first-order chi connectivity index (χ1) is 12.2. The van der Waals surface area contributed by atoms with Gasteiger partial charge in [-0.15, -0.1) is 24.2 Å². The fourth-order valence-electron chi connectivity index (χ4n) is 3.48. The quantitative estimate of drug-likeness (QED) is 0.744. The number of pyridine rings is 1. The number of fused-ring (bicyclic) bond motifs is 1. The van der Waals surface area contributed by atoms with Gasteiger partial charge in [-0.25, -0.2) is 4.98 Å². The van der Waals surface area contributed by atoms with E-state index in [1.807, 2.05) is 24.7 Å². The molecule has 2 aliphatic rings. The van der Waals surface area contributed by atoms with Crippen LogP contribution in [0.25, 0.3) is 11.0 Å². The molecule has 0 aromatic carbocycles. The number of hydrogen-bond acceptors (Lipinski definition) is 5. The van der Waals surface area contributed by atoms with Crippen molar-refractivity contribution >= 4 is 46.8 Å². The van der Waals surface area contributed by atoms with Gasteiger partial charge in [0.25, 0.3) is 5.91 Å². The second-order valence-electron chi connectivity index (χ2n) is 6.56. The first kappa shape index (κ1) is 19.1. The molecule has 26 heavy (non-hydrogen) atoms. The number of H-pyrrole nitrogens is 1. The third kappa shape index (κ3) is 3.84. The normalized spacial score (nSPS) is 20.0. The summed E-state index contributed by atoms with van der Waals surface area (Å²) in [6, 6.07) is 2.43. The van der Waals surface area contributed by atoms with Gasteiger partial charge in [0, 0.05) is 48.9 Å². The average Bonchev–Trinajstić information content (AvgIpc) is 3.30. The molecule has 1 saturated heterocycles. The van der Waals surface area contributed by atoms with Gasteiger partial charge in [0.1, 0.15) is 5.65 Å². The molecular formula is C18H24ClN5OS. The molecule has 0 bridgehead atoms. The molecule has 4 heterocycles. The lowest BCUT2D eigenvalue weighted by molar-refractivity contribution is -0.116. The van der Waals surface area contributed by atoms with Crippen LogP contribution in [0.15, 0.2) is 29.6 Å². The van der Waals surface area contributed by atoms with Crippen LogP contribution in [0.1, 0.15) is 18.4 Å². The average molecular weight is 394 g/mol. The highest BCUT2D eigenvalue weighted by molar-refractivity contribution is 8.04. The molecule has 8 heteroatoms. The van der Waals surface area contributed by atoms with Crippen LogP contribution in [-0.2, 0) is 4.79 Å². The van der Waals surface area contributed by atoms with E-state index >= 15 is 0 Å². The number of hydrogen-bond donors (Lipinski definition) is 3. The van der Waals surface area contributed by atoms with Gasteiger partial charge in [-0.2, -0.15) is 0 Å². The number of aromatic nitrogens is 2. The molecule has 2 aromatic heterocycles. The number of aryl methyl sites for hydroxylation is 1. The van der Waals surface area contributed by atoms with Crippen molar-refractivity contribution in [2.24, 2.45) is 0 Å². The second-order valence-corrected chi connectivity index (χ2v) is 7.70. The van der Waals surface area contributed by atoms with Crippen LogP contribution >= 0.6 is 24.2 Å². The highest BCUT2D eigenvalue weighted by atomic mass is 35.5. The number of anilines is 1. The highest BCUT2D eigenvalue weighted by Gasteiger charge is 2.21. The summed E-state index contributed by atoms with van der Waals surface area (Å²) in [6.07, 6.45) is 8.10. The van der Waals surface area contributed by atoms with Gasteiger partial charge in [-0.3, -0.25) is 4.79 Å². The van der Waals surface area contributed by atoms with Crippen molar-refractivity contribution in [2.45, 2.75) is 25.8 Å². The Hall–Kier alpha value is -1.70. The molecule has 0 aliphatic carbocycles. The number of thioether (sulfide) groups is 1. The first-order valence-electron chi connectivity index (χ1n) is 8.78. The van der Waals surface area contributed by atoms with Crippen molar-refractivity contribution in [1.29, 1.82) is 0 Å². The van der Waals surface area contributed by atoms with Gasteiger partial charge < -0.3 is 20.5 Å². The molecule has 1 atom stereocenters. The Bertz CT molecular complexity index is 815. The summed E-state index contributed by atoms with van der Waals surface area (Å²) in [5.41, 5.74) is 3.16. The lowest BCUT2D eigenvalue weighted by Crippen LogP contribution is -2.38. The van der Waals surface area contributed by atoms with Crippen molar-refractivity contribution in [2.75, 3.05) is 30.3 Å². The van der Waals surface area contributed by atoms with Crippen LogP contribution in [0.5, 0.6) is 0 Å². The number of aromatic amines is 1. The molecule has 0 saturated carbocycles. The maximum Gasteiger partial charge on any atom is 0.259 e. The van der Waals surface area contributed by atoms with Crippen molar-refractivity contribution in [3.05, 3.63) is 35.1 Å². The van der Waals surface area contributed by atoms with Gasteiger partial charge in [-0.1, -0.05) is 0 Å². The Morgan fingerprint density at radius 3 is 3.19 bits per heavy atom. The molecule has 0 unspecified atom stereocenters. The molecular weight excluding hydrogens is 370 g/mol. The Balaban J connectivity index is 0.00000196. The predicted molar refractivity (Wildman–Crippen MR) is 110 cm³/mol. The number of carbonyl (C=O) groups is 1. The highest BCUT2D eigenvalue weighted by Crippen LogP contribution is 2.32. The number of rotatable bonds is 4. The third-order valence-electron chi connectivity index (χ3n) is 4.82. The molecule has 2 aliphatic heterocycles. The Morgan fingerprint density at radius 1 is 1.50 bits per heavy atom. The second kappa shape index (κ2) is 8.33. The van der Waals surface area contributed by atoms with E-state index in [2.05, 4.69) is 32.4 Å². The molecule has 0 radical (unpaired) electrons. The minimum Gasteiger partial charge on any atom is -0.350 e. The fraction of sp³-hybridized carbons (Fsp3) is 0.444. The predicted octanol–water partition coefficient (Wildman–Crippen LogP) is 2.56. The summed E-state index contributed by atoms with van der Waals surface area (Å²) in [5.74, 6) is 0.924. The number of carbonyl (C=O) groups excluding carboxylic acids is 1. The zero-order valence-electron chi connectivity index (χ0n) is 14.7. The van der Waals surface area contributed by atoms with E-state index < -0.39 is 0 Å². The number of halogens is 1. The van der Waals surface area contributed by atoms with Crippen LogP contribution in [0.3, 0.4) is 0 Å². The summed E-state index contributed by atoms with van der Waals surface area (Å²) in [6.45, 7) is 4.72. The molecule has 1 amide bonds. The van der Waals surface area contributed by atoms with Crippen LogP contribution in [0.4, 0.5) is 5.69 Å². The van der Waals surface area contributed by atoms with Crippen LogP contribution in [-0.4, -0.2) is 47.3 Å².